The van der Waals surface area contributed by atoms with Gasteiger partial charge in [0.05, 0.1) is 18.6 Å². The fraction of sp³-hybridized carbons (Fsp3) is 0.333. The molecule has 0 aliphatic rings. The third-order valence-corrected chi connectivity index (χ3v) is 4.50. The summed E-state index contributed by atoms with van der Waals surface area (Å²) < 4.78 is 6.57. The minimum absolute atomic E-state index is 0.0368. The van der Waals surface area contributed by atoms with Crippen LogP contribution in [0.5, 0.6) is 5.75 Å². The first-order valence-corrected chi connectivity index (χ1v) is 9.72. The van der Waals surface area contributed by atoms with Crippen molar-refractivity contribution in [3.63, 3.8) is 0 Å². The number of carbonyl (C=O) groups is 2. The maximum atomic E-state index is 12.7. The minimum Gasteiger partial charge on any atom is -0.493 e. The minimum atomic E-state index is -0.236. The van der Waals surface area contributed by atoms with Crippen molar-refractivity contribution < 1.29 is 14.3 Å². The molecule has 6 heteroatoms. The lowest BCUT2D eigenvalue weighted by atomic mass is 10.1. The lowest BCUT2D eigenvalue weighted by Crippen LogP contribution is -2.23. The van der Waals surface area contributed by atoms with Gasteiger partial charge >= 0.3 is 0 Å². The van der Waals surface area contributed by atoms with E-state index in [1.807, 2.05) is 18.2 Å². The van der Waals surface area contributed by atoms with Crippen molar-refractivity contribution in [3.05, 3.63) is 58.1 Å². The first kappa shape index (κ1) is 21.0. The third kappa shape index (κ3) is 6.40. The average Bonchev–Trinajstić information content (AvgIpc) is 2.64. The number of anilines is 1. The molecule has 0 saturated heterocycles. The Kier molecular flexibility index (Phi) is 7.85. The molecule has 27 heavy (non-hydrogen) atoms. The summed E-state index contributed by atoms with van der Waals surface area (Å²) in [5.74, 6) is 0.368. The van der Waals surface area contributed by atoms with Gasteiger partial charge in [-0.25, -0.2) is 0 Å². The molecule has 0 fully saturated rings. The fourth-order valence-electron chi connectivity index (χ4n) is 2.37. The Morgan fingerprint density at radius 3 is 2.44 bits per heavy atom. The number of hydrogen-bond donors (Lipinski definition) is 1. The van der Waals surface area contributed by atoms with Crippen LogP contribution in [0.1, 0.15) is 35.7 Å². The molecule has 0 bridgehead atoms. The van der Waals surface area contributed by atoms with E-state index in [-0.39, 0.29) is 11.8 Å². The van der Waals surface area contributed by atoms with Gasteiger partial charge < -0.3 is 15.0 Å². The largest absolute Gasteiger partial charge is 0.493 e. The standard InChI is InChI=1S/C21H25BrN2O3/c1-4-5-12-27-19-11-8-16(22)14-18(19)21(26)23-17-9-6-15(7-10-17)13-20(25)24(2)3/h6-11,14H,4-5,12-13H2,1-3H3,(H,23,26). The molecule has 0 aliphatic carbocycles. The number of amides is 2. The normalized spacial score (nSPS) is 10.4. The lowest BCUT2D eigenvalue weighted by Gasteiger charge is -2.13. The zero-order chi connectivity index (χ0) is 19.8. The maximum Gasteiger partial charge on any atom is 0.259 e. The molecular formula is C21H25BrN2O3. The number of likely N-dealkylation sites (N-methyl/N-ethyl adjacent to an activating group) is 1. The van der Waals surface area contributed by atoms with Gasteiger partial charge in [-0.05, 0) is 42.3 Å². The molecular weight excluding hydrogens is 408 g/mol. The molecule has 144 valence electrons. The molecule has 1 N–H and O–H groups in total. The molecule has 0 saturated carbocycles. The first-order valence-electron chi connectivity index (χ1n) is 8.93. The second-order valence-electron chi connectivity index (χ2n) is 6.46. The van der Waals surface area contributed by atoms with Gasteiger partial charge in [0, 0.05) is 24.3 Å². The molecule has 0 aliphatic heterocycles. The van der Waals surface area contributed by atoms with Crippen molar-refractivity contribution >= 4 is 33.4 Å². The number of ether oxygens (including phenoxy) is 1. The Hall–Kier alpha value is -2.34. The number of carbonyl (C=O) groups excluding carboxylic acids is 2. The van der Waals surface area contributed by atoms with Crippen LogP contribution in [0.4, 0.5) is 5.69 Å². The highest BCUT2D eigenvalue weighted by Crippen LogP contribution is 2.25. The Bertz CT molecular complexity index is 789. The highest BCUT2D eigenvalue weighted by Gasteiger charge is 2.14. The van der Waals surface area contributed by atoms with Gasteiger partial charge in [-0.3, -0.25) is 9.59 Å². The van der Waals surface area contributed by atoms with Crippen LogP contribution in [0.15, 0.2) is 46.9 Å². The number of nitrogens with one attached hydrogen (secondary N) is 1. The van der Waals surface area contributed by atoms with Gasteiger partial charge in [0.1, 0.15) is 5.75 Å². The molecule has 5 nitrogen and oxygen atoms in total. The monoisotopic (exact) mass is 432 g/mol. The van der Waals surface area contributed by atoms with Gasteiger partial charge in [-0.15, -0.1) is 0 Å². The molecule has 0 radical (unpaired) electrons. The Morgan fingerprint density at radius 2 is 1.81 bits per heavy atom. The maximum absolute atomic E-state index is 12.7. The summed E-state index contributed by atoms with van der Waals surface area (Å²) >= 11 is 3.40. The van der Waals surface area contributed by atoms with E-state index in [1.165, 1.54) is 0 Å². The molecule has 0 aromatic heterocycles. The van der Waals surface area contributed by atoms with Crippen LogP contribution in [0.2, 0.25) is 0 Å². The fourth-order valence-corrected chi connectivity index (χ4v) is 2.73. The van der Waals surface area contributed by atoms with E-state index >= 15 is 0 Å². The van der Waals surface area contributed by atoms with Crippen LogP contribution in [-0.4, -0.2) is 37.4 Å². The number of hydrogen-bond acceptors (Lipinski definition) is 3. The number of nitrogens with zero attached hydrogens (tertiary/aromatic N) is 1. The van der Waals surface area contributed by atoms with E-state index in [0.29, 0.717) is 30.0 Å². The summed E-state index contributed by atoms with van der Waals surface area (Å²) in [4.78, 5) is 26.0. The van der Waals surface area contributed by atoms with E-state index in [1.54, 1.807) is 43.3 Å². The summed E-state index contributed by atoms with van der Waals surface area (Å²) in [6.45, 7) is 2.67. The van der Waals surface area contributed by atoms with Gasteiger partial charge in [-0.1, -0.05) is 41.4 Å². The molecule has 0 unspecified atom stereocenters. The highest BCUT2D eigenvalue weighted by molar-refractivity contribution is 9.10. The van der Waals surface area contributed by atoms with Crippen LogP contribution in [0.25, 0.3) is 0 Å². The predicted octanol–water partition coefficient (Wildman–Crippen LogP) is 4.51. The van der Waals surface area contributed by atoms with Crippen LogP contribution in [-0.2, 0) is 11.2 Å². The molecule has 2 amide bonds. The SMILES string of the molecule is CCCCOc1ccc(Br)cc1C(=O)Nc1ccc(CC(=O)N(C)C)cc1. The van der Waals surface area contributed by atoms with E-state index in [9.17, 15) is 9.59 Å². The second kappa shape index (κ2) is 10.1. The third-order valence-electron chi connectivity index (χ3n) is 4.01. The van der Waals surface area contributed by atoms with Crippen molar-refractivity contribution in [2.75, 3.05) is 26.0 Å². The quantitative estimate of drug-likeness (QED) is 0.624. The topological polar surface area (TPSA) is 58.6 Å². The Labute approximate surface area is 168 Å². The smallest absolute Gasteiger partial charge is 0.259 e. The number of rotatable bonds is 8. The zero-order valence-electron chi connectivity index (χ0n) is 15.9. The first-order chi connectivity index (χ1) is 12.9. The zero-order valence-corrected chi connectivity index (χ0v) is 17.5. The van der Waals surface area contributed by atoms with Crippen LogP contribution in [0, 0.1) is 0 Å². The average molecular weight is 433 g/mol. The molecule has 2 rings (SSSR count). The number of unbranched alkanes of at least 4 members (excludes halogenated alkanes) is 1. The van der Waals surface area contributed by atoms with E-state index in [2.05, 4.69) is 28.2 Å². The van der Waals surface area contributed by atoms with E-state index < -0.39 is 0 Å². The van der Waals surface area contributed by atoms with Crippen molar-refractivity contribution in [1.29, 1.82) is 0 Å². The van der Waals surface area contributed by atoms with Crippen molar-refractivity contribution in [1.82, 2.24) is 4.90 Å². The lowest BCUT2D eigenvalue weighted by molar-refractivity contribution is -0.127. The summed E-state index contributed by atoms with van der Waals surface area (Å²) in [6.07, 6.45) is 2.30. The summed E-state index contributed by atoms with van der Waals surface area (Å²) in [5, 5.41) is 2.88. The highest BCUT2D eigenvalue weighted by atomic mass is 79.9. The predicted molar refractivity (Wildman–Crippen MR) is 111 cm³/mol. The molecule has 2 aromatic carbocycles. The van der Waals surface area contributed by atoms with Crippen molar-refractivity contribution in [2.45, 2.75) is 26.2 Å². The summed E-state index contributed by atoms with van der Waals surface area (Å²) in [5.41, 5.74) is 2.05. The molecule has 0 atom stereocenters. The van der Waals surface area contributed by atoms with E-state index in [4.69, 9.17) is 4.74 Å². The summed E-state index contributed by atoms with van der Waals surface area (Å²) in [6, 6.07) is 12.7. The molecule has 0 spiro atoms. The molecule has 0 heterocycles. The van der Waals surface area contributed by atoms with Gasteiger partial charge in [0.15, 0.2) is 0 Å². The Balaban J connectivity index is 2.08. The van der Waals surface area contributed by atoms with Crippen LogP contribution >= 0.6 is 15.9 Å². The van der Waals surface area contributed by atoms with Crippen LogP contribution < -0.4 is 10.1 Å². The van der Waals surface area contributed by atoms with Gasteiger partial charge in [0.2, 0.25) is 5.91 Å². The van der Waals surface area contributed by atoms with Gasteiger partial charge in [0.25, 0.3) is 5.91 Å². The summed E-state index contributed by atoms with van der Waals surface area (Å²) in [7, 11) is 3.46. The number of benzene rings is 2. The van der Waals surface area contributed by atoms with Crippen molar-refractivity contribution in [3.8, 4) is 5.75 Å². The Morgan fingerprint density at radius 1 is 1.11 bits per heavy atom. The molecule has 2 aromatic rings. The number of halogens is 1. The second-order valence-corrected chi connectivity index (χ2v) is 7.37. The van der Waals surface area contributed by atoms with Gasteiger partial charge in [-0.2, -0.15) is 0 Å². The van der Waals surface area contributed by atoms with Crippen LogP contribution in [0.3, 0.4) is 0 Å². The van der Waals surface area contributed by atoms with E-state index in [0.717, 1.165) is 22.9 Å². The van der Waals surface area contributed by atoms with Crippen molar-refractivity contribution in [2.24, 2.45) is 0 Å².